The lowest BCUT2D eigenvalue weighted by Gasteiger charge is -2.13. The number of methoxy groups -OCH3 is 1. The first-order valence-electron chi connectivity index (χ1n) is 6.54. The minimum atomic E-state index is -0.716. The van der Waals surface area contributed by atoms with E-state index in [1.54, 1.807) is 18.2 Å². The fourth-order valence-electron chi connectivity index (χ4n) is 1.94. The molecule has 1 rings (SSSR count). The molecule has 0 aliphatic carbocycles. The molecule has 0 bridgehead atoms. The Hall–Kier alpha value is -1.06. The van der Waals surface area contributed by atoms with Crippen molar-refractivity contribution < 1.29 is 14.3 Å². The lowest BCUT2D eigenvalue weighted by molar-refractivity contribution is -0.149. The Labute approximate surface area is 129 Å². The van der Waals surface area contributed by atoms with Gasteiger partial charge in [0.05, 0.1) is 7.11 Å². The van der Waals surface area contributed by atoms with Gasteiger partial charge in [-0.1, -0.05) is 49.0 Å². The van der Waals surface area contributed by atoms with Crippen LogP contribution in [0.2, 0.25) is 10.0 Å². The van der Waals surface area contributed by atoms with E-state index in [-0.39, 0.29) is 12.2 Å². The molecule has 1 atom stereocenters. The number of Topliss-reactive ketones (excluding diaryl/α,β-unsaturated/α-hetero) is 1. The molecule has 5 heteroatoms. The molecule has 0 aromatic heterocycles. The molecule has 3 nitrogen and oxygen atoms in total. The molecule has 0 spiro atoms. The lowest BCUT2D eigenvalue weighted by atomic mass is 9.93. The Morgan fingerprint density at radius 1 is 1.30 bits per heavy atom. The average Bonchev–Trinajstić information content (AvgIpc) is 2.42. The van der Waals surface area contributed by atoms with Crippen LogP contribution < -0.4 is 0 Å². The number of carbonyl (C=O) groups is 2. The zero-order valence-corrected chi connectivity index (χ0v) is 13.1. The number of ketones is 1. The highest BCUT2D eigenvalue weighted by atomic mass is 35.5. The zero-order valence-electron chi connectivity index (χ0n) is 11.6. The Morgan fingerprint density at radius 3 is 2.55 bits per heavy atom. The van der Waals surface area contributed by atoms with Gasteiger partial charge in [-0.05, 0) is 24.1 Å². The smallest absolute Gasteiger partial charge is 0.316 e. The summed E-state index contributed by atoms with van der Waals surface area (Å²) in [6.45, 7) is 2.01. The van der Waals surface area contributed by atoms with Gasteiger partial charge in [-0.15, -0.1) is 0 Å². The van der Waals surface area contributed by atoms with E-state index >= 15 is 0 Å². The molecule has 0 N–H and O–H groups in total. The van der Waals surface area contributed by atoms with Crippen molar-refractivity contribution >= 4 is 35.0 Å². The number of carbonyl (C=O) groups excluding carboxylic acids is 2. The van der Waals surface area contributed by atoms with E-state index in [9.17, 15) is 9.59 Å². The predicted octanol–water partition coefficient (Wildman–Crippen LogP) is 4.08. The van der Waals surface area contributed by atoms with Crippen molar-refractivity contribution in [1.82, 2.24) is 0 Å². The average molecular weight is 317 g/mol. The van der Waals surface area contributed by atoms with Gasteiger partial charge in [0.1, 0.15) is 5.92 Å². The Kier molecular flexibility index (Phi) is 7.03. The number of esters is 1. The largest absolute Gasteiger partial charge is 0.468 e. The molecular formula is C15H18Cl2O3. The predicted molar refractivity (Wildman–Crippen MR) is 80.2 cm³/mol. The molecular weight excluding hydrogens is 299 g/mol. The highest BCUT2D eigenvalue weighted by molar-refractivity contribution is 6.35. The lowest BCUT2D eigenvalue weighted by Crippen LogP contribution is -2.26. The Balaban J connectivity index is 2.81. The first-order valence-corrected chi connectivity index (χ1v) is 7.29. The van der Waals surface area contributed by atoms with Crippen LogP contribution in [0.3, 0.4) is 0 Å². The second-order valence-electron chi connectivity index (χ2n) is 4.60. The first kappa shape index (κ1) is 17.0. The van der Waals surface area contributed by atoms with Crippen molar-refractivity contribution in [2.45, 2.75) is 32.6 Å². The minimum absolute atomic E-state index is 0.111. The van der Waals surface area contributed by atoms with E-state index in [0.717, 1.165) is 12.8 Å². The van der Waals surface area contributed by atoms with E-state index in [2.05, 4.69) is 0 Å². The van der Waals surface area contributed by atoms with Crippen LogP contribution in [-0.4, -0.2) is 18.9 Å². The summed E-state index contributed by atoms with van der Waals surface area (Å²) in [5.41, 5.74) is 0.673. The molecule has 1 aromatic rings. The molecule has 110 valence electrons. The van der Waals surface area contributed by atoms with Crippen molar-refractivity contribution in [1.29, 1.82) is 0 Å². The molecule has 0 amide bonds. The number of unbranched alkanes of at least 4 members (excludes halogenated alkanes) is 1. The summed E-state index contributed by atoms with van der Waals surface area (Å²) >= 11 is 11.9. The molecule has 0 saturated carbocycles. The number of ether oxygens (including phenoxy) is 1. The summed E-state index contributed by atoms with van der Waals surface area (Å²) in [5, 5.41) is 0.951. The molecule has 0 aliphatic heterocycles. The van der Waals surface area contributed by atoms with Gasteiger partial charge in [-0.25, -0.2) is 0 Å². The van der Waals surface area contributed by atoms with Gasteiger partial charge in [0.15, 0.2) is 5.78 Å². The van der Waals surface area contributed by atoms with Gasteiger partial charge in [-0.2, -0.15) is 0 Å². The number of hydrogen-bond acceptors (Lipinski definition) is 3. The minimum Gasteiger partial charge on any atom is -0.468 e. The van der Waals surface area contributed by atoms with Gasteiger partial charge in [0.2, 0.25) is 0 Å². The van der Waals surface area contributed by atoms with Crippen molar-refractivity contribution in [2.75, 3.05) is 7.11 Å². The Bertz CT molecular complexity index is 486. The highest BCUT2D eigenvalue weighted by Gasteiger charge is 2.27. The molecule has 1 unspecified atom stereocenters. The maximum absolute atomic E-state index is 12.3. The summed E-state index contributed by atoms with van der Waals surface area (Å²) in [6.07, 6.45) is 2.34. The third kappa shape index (κ3) is 4.80. The number of hydrogen-bond donors (Lipinski definition) is 0. The van der Waals surface area contributed by atoms with E-state index in [1.807, 2.05) is 6.92 Å². The number of halogens is 2. The van der Waals surface area contributed by atoms with E-state index in [4.69, 9.17) is 27.9 Å². The quantitative estimate of drug-likeness (QED) is 0.562. The zero-order chi connectivity index (χ0) is 15.1. The van der Waals surface area contributed by atoms with Gasteiger partial charge < -0.3 is 4.74 Å². The maximum atomic E-state index is 12.3. The van der Waals surface area contributed by atoms with Crippen LogP contribution in [0.15, 0.2) is 18.2 Å². The number of rotatable bonds is 7. The van der Waals surface area contributed by atoms with Crippen LogP contribution in [-0.2, 0) is 20.7 Å². The molecule has 1 aromatic carbocycles. The van der Waals surface area contributed by atoms with Crippen LogP contribution in [0.1, 0.15) is 31.7 Å². The Morgan fingerprint density at radius 2 is 2.00 bits per heavy atom. The highest BCUT2D eigenvalue weighted by Crippen LogP contribution is 2.23. The molecule has 0 fully saturated rings. The van der Waals surface area contributed by atoms with E-state index < -0.39 is 11.9 Å². The third-order valence-electron chi connectivity index (χ3n) is 3.10. The summed E-state index contributed by atoms with van der Waals surface area (Å²) in [7, 11) is 1.30. The third-order valence-corrected chi connectivity index (χ3v) is 3.69. The summed E-state index contributed by atoms with van der Waals surface area (Å²) in [5.74, 6) is -1.37. The van der Waals surface area contributed by atoms with Crippen LogP contribution in [0.5, 0.6) is 0 Å². The van der Waals surface area contributed by atoms with Gasteiger partial charge >= 0.3 is 5.97 Å². The van der Waals surface area contributed by atoms with E-state index in [0.29, 0.717) is 22.0 Å². The normalized spacial score (nSPS) is 12.0. The molecule has 0 saturated heterocycles. The first-order chi connectivity index (χ1) is 9.49. The molecule has 0 aliphatic rings. The SMILES string of the molecule is CCCCC(C(=O)Cc1ccc(Cl)cc1Cl)C(=O)OC. The second-order valence-corrected chi connectivity index (χ2v) is 5.44. The van der Waals surface area contributed by atoms with Crippen molar-refractivity contribution in [3.05, 3.63) is 33.8 Å². The topological polar surface area (TPSA) is 43.4 Å². The maximum Gasteiger partial charge on any atom is 0.316 e. The number of benzene rings is 1. The van der Waals surface area contributed by atoms with Crippen molar-refractivity contribution in [3.63, 3.8) is 0 Å². The standard InChI is InChI=1S/C15H18Cl2O3/c1-3-4-5-12(15(19)20-2)14(18)8-10-6-7-11(16)9-13(10)17/h6-7,9,12H,3-5,8H2,1-2H3. The van der Waals surface area contributed by atoms with Crippen molar-refractivity contribution in [2.24, 2.45) is 5.92 Å². The molecule has 0 heterocycles. The van der Waals surface area contributed by atoms with Crippen LogP contribution in [0.4, 0.5) is 0 Å². The fourth-order valence-corrected chi connectivity index (χ4v) is 2.41. The fraction of sp³-hybridized carbons (Fsp3) is 0.467. The van der Waals surface area contributed by atoms with E-state index in [1.165, 1.54) is 7.11 Å². The van der Waals surface area contributed by atoms with Gasteiger partial charge in [-0.3, -0.25) is 9.59 Å². The summed E-state index contributed by atoms with van der Waals surface area (Å²) in [4.78, 5) is 24.0. The molecule has 0 radical (unpaired) electrons. The summed E-state index contributed by atoms with van der Waals surface area (Å²) in [6, 6.07) is 4.97. The van der Waals surface area contributed by atoms with Crippen LogP contribution in [0, 0.1) is 5.92 Å². The molecule has 20 heavy (non-hydrogen) atoms. The second kappa shape index (κ2) is 8.28. The summed E-state index contributed by atoms with van der Waals surface area (Å²) < 4.78 is 4.70. The van der Waals surface area contributed by atoms with Crippen molar-refractivity contribution in [3.8, 4) is 0 Å². The van der Waals surface area contributed by atoms with Crippen LogP contribution >= 0.6 is 23.2 Å². The van der Waals surface area contributed by atoms with Gasteiger partial charge in [0.25, 0.3) is 0 Å². The van der Waals surface area contributed by atoms with Gasteiger partial charge in [0, 0.05) is 16.5 Å². The van der Waals surface area contributed by atoms with Crippen LogP contribution in [0.25, 0.3) is 0 Å². The monoisotopic (exact) mass is 316 g/mol.